The summed E-state index contributed by atoms with van der Waals surface area (Å²) >= 11 is 1.78. The number of hydrogen-bond acceptors (Lipinski definition) is 4. The summed E-state index contributed by atoms with van der Waals surface area (Å²) in [5.41, 5.74) is 3.99. The summed E-state index contributed by atoms with van der Waals surface area (Å²) in [7, 11) is 2.04. The van der Waals surface area contributed by atoms with Crippen LogP contribution in [-0.4, -0.2) is 22.3 Å². The van der Waals surface area contributed by atoms with Crippen molar-refractivity contribution in [3.8, 4) is 0 Å². The zero-order valence-corrected chi connectivity index (χ0v) is 12.7. The molecule has 4 heteroatoms. The summed E-state index contributed by atoms with van der Waals surface area (Å²) in [6.07, 6.45) is 6.07. The van der Waals surface area contributed by atoms with Crippen molar-refractivity contribution in [3.63, 3.8) is 0 Å². The zero-order valence-electron chi connectivity index (χ0n) is 11.8. The third-order valence-corrected chi connectivity index (χ3v) is 5.02. The molecule has 104 valence electrons. The lowest BCUT2D eigenvalue weighted by Gasteiger charge is -2.32. The predicted molar refractivity (Wildman–Crippen MR) is 83.0 cm³/mol. The summed E-state index contributed by atoms with van der Waals surface area (Å²) in [6.45, 7) is 2.02. The number of aromatic nitrogens is 2. The molecule has 1 heterocycles. The van der Waals surface area contributed by atoms with Crippen LogP contribution in [0.25, 0.3) is 0 Å². The fourth-order valence-corrected chi connectivity index (χ4v) is 3.93. The van der Waals surface area contributed by atoms with Gasteiger partial charge in [0.2, 0.25) is 0 Å². The third kappa shape index (κ3) is 2.72. The number of benzene rings is 1. The van der Waals surface area contributed by atoms with Crippen LogP contribution in [0.5, 0.6) is 0 Å². The second kappa shape index (κ2) is 5.94. The molecule has 1 N–H and O–H groups in total. The summed E-state index contributed by atoms with van der Waals surface area (Å²) < 4.78 is 0. The quantitative estimate of drug-likeness (QED) is 0.879. The monoisotopic (exact) mass is 285 g/mol. The maximum Gasteiger partial charge on any atom is 0.187 e. The predicted octanol–water partition coefficient (Wildman–Crippen LogP) is 3.15. The van der Waals surface area contributed by atoms with Crippen LogP contribution in [0.15, 0.2) is 41.8 Å². The molecule has 2 unspecified atom stereocenters. The minimum absolute atomic E-state index is 0.370. The molecule has 1 aliphatic carbocycles. The molecule has 0 fully saturated rings. The first-order valence-electron chi connectivity index (χ1n) is 6.98. The molecule has 0 saturated carbocycles. The van der Waals surface area contributed by atoms with Crippen molar-refractivity contribution in [1.29, 1.82) is 0 Å². The molecular weight excluding hydrogens is 266 g/mol. The lowest BCUT2D eigenvalue weighted by Crippen LogP contribution is -2.32. The SMILES string of the molecule is CNC1c2ccccc2CCC1Sc1ncc(C)cn1. The summed E-state index contributed by atoms with van der Waals surface area (Å²) in [5.74, 6) is 0. The van der Waals surface area contributed by atoms with Crippen molar-refractivity contribution in [2.45, 2.75) is 36.2 Å². The second-order valence-electron chi connectivity index (χ2n) is 5.20. The number of nitrogens with zero attached hydrogens (tertiary/aromatic N) is 2. The highest BCUT2D eigenvalue weighted by Gasteiger charge is 2.29. The van der Waals surface area contributed by atoms with Crippen molar-refractivity contribution in [1.82, 2.24) is 15.3 Å². The molecule has 0 saturated heterocycles. The van der Waals surface area contributed by atoms with E-state index in [4.69, 9.17) is 0 Å². The van der Waals surface area contributed by atoms with Crippen LogP contribution >= 0.6 is 11.8 Å². The van der Waals surface area contributed by atoms with Gasteiger partial charge in [-0.3, -0.25) is 0 Å². The van der Waals surface area contributed by atoms with E-state index in [-0.39, 0.29) is 0 Å². The lowest BCUT2D eigenvalue weighted by atomic mass is 9.87. The van der Waals surface area contributed by atoms with Gasteiger partial charge in [0.15, 0.2) is 5.16 Å². The van der Waals surface area contributed by atoms with Gasteiger partial charge in [-0.25, -0.2) is 9.97 Å². The molecule has 1 aromatic carbocycles. The van der Waals surface area contributed by atoms with Crippen LogP contribution in [0.4, 0.5) is 0 Å². The molecule has 1 aromatic heterocycles. The zero-order chi connectivity index (χ0) is 13.9. The molecule has 0 bridgehead atoms. The highest BCUT2D eigenvalue weighted by Crippen LogP contribution is 2.38. The Morgan fingerprint density at radius 3 is 2.70 bits per heavy atom. The van der Waals surface area contributed by atoms with Crippen molar-refractivity contribution in [2.24, 2.45) is 0 Å². The Balaban J connectivity index is 1.82. The fourth-order valence-electron chi connectivity index (χ4n) is 2.78. The van der Waals surface area contributed by atoms with Crippen LogP contribution in [0, 0.1) is 6.92 Å². The maximum absolute atomic E-state index is 4.42. The molecule has 1 aliphatic rings. The van der Waals surface area contributed by atoms with Gasteiger partial charge in [-0.05, 0) is 43.5 Å². The largest absolute Gasteiger partial charge is 0.312 e. The number of thioether (sulfide) groups is 1. The van der Waals surface area contributed by atoms with Crippen molar-refractivity contribution < 1.29 is 0 Å². The Bertz CT molecular complexity index is 583. The number of rotatable bonds is 3. The molecule has 2 atom stereocenters. The highest BCUT2D eigenvalue weighted by molar-refractivity contribution is 7.99. The maximum atomic E-state index is 4.42. The molecule has 0 amide bonds. The average molecular weight is 285 g/mol. The van der Waals surface area contributed by atoms with Gasteiger partial charge in [0.1, 0.15) is 0 Å². The van der Waals surface area contributed by atoms with E-state index in [9.17, 15) is 0 Å². The first kappa shape index (κ1) is 13.6. The summed E-state index contributed by atoms with van der Waals surface area (Å²) in [6, 6.07) is 9.10. The van der Waals surface area contributed by atoms with Crippen LogP contribution < -0.4 is 5.32 Å². The fraction of sp³-hybridized carbons (Fsp3) is 0.375. The van der Waals surface area contributed by atoms with Gasteiger partial charge in [-0.15, -0.1) is 0 Å². The molecule has 20 heavy (non-hydrogen) atoms. The summed E-state index contributed by atoms with van der Waals surface area (Å²) in [5, 5.41) is 4.82. The van der Waals surface area contributed by atoms with Gasteiger partial charge in [-0.2, -0.15) is 0 Å². The first-order chi connectivity index (χ1) is 9.78. The van der Waals surface area contributed by atoms with Crippen molar-refractivity contribution in [3.05, 3.63) is 53.3 Å². The first-order valence-corrected chi connectivity index (χ1v) is 7.86. The van der Waals surface area contributed by atoms with Crippen LogP contribution in [0.1, 0.15) is 29.2 Å². The lowest BCUT2D eigenvalue weighted by molar-refractivity contribution is 0.509. The van der Waals surface area contributed by atoms with E-state index in [0.717, 1.165) is 23.6 Å². The minimum atomic E-state index is 0.370. The molecule has 3 nitrogen and oxygen atoms in total. The minimum Gasteiger partial charge on any atom is -0.312 e. The van der Waals surface area contributed by atoms with Crippen molar-refractivity contribution in [2.75, 3.05) is 7.05 Å². The van der Waals surface area contributed by atoms with E-state index in [1.165, 1.54) is 11.1 Å². The van der Waals surface area contributed by atoms with Gasteiger partial charge in [0, 0.05) is 23.7 Å². The Morgan fingerprint density at radius 2 is 1.95 bits per heavy atom. The second-order valence-corrected chi connectivity index (χ2v) is 6.41. The Morgan fingerprint density at radius 1 is 1.20 bits per heavy atom. The van der Waals surface area contributed by atoms with Gasteiger partial charge in [0.05, 0.1) is 0 Å². The van der Waals surface area contributed by atoms with Gasteiger partial charge in [0.25, 0.3) is 0 Å². The highest BCUT2D eigenvalue weighted by atomic mass is 32.2. The van der Waals surface area contributed by atoms with Gasteiger partial charge < -0.3 is 5.32 Å². The smallest absolute Gasteiger partial charge is 0.187 e. The van der Waals surface area contributed by atoms with Crippen LogP contribution in [-0.2, 0) is 6.42 Å². The molecule has 0 spiro atoms. The number of aryl methyl sites for hydroxylation is 2. The normalized spacial score (nSPS) is 21.5. The molecule has 2 aromatic rings. The number of hydrogen-bond donors (Lipinski definition) is 1. The molecule has 0 radical (unpaired) electrons. The Hall–Kier alpha value is -1.39. The van der Waals surface area contributed by atoms with E-state index in [2.05, 4.69) is 39.6 Å². The van der Waals surface area contributed by atoms with Gasteiger partial charge in [-0.1, -0.05) is 36.0 Å². The van der Waals surface area contributed by atoms with Crippen LogP contribution in [0.2, 0.25) is 0 Å². The molecule has 3 rings (SSSR count). The van der Waals surface area contributed by atoms with E-state index in [1.807, 2.05) is 26.4 Å². The standard InChI is InChI=1S/C16H19N3S/c1-11-9-18-16(19-10-11)20-14-8-7-12-5-3-4-6-13(12)15(14)17-2/h3-6,9-10,14-15,17H,7-8H2,1-2H3. The Labute approximate surface area is 124 Å². The number of fused-ring (bicyclic) bond motifs is 1. The third-order valence-electron chi connectivity index (χ3n) is 3.79. The van der Waals surface area contributed by atoms with E-state index < -0.39 is 0 Å². The molecule has 0 aliphatic heterocycles. The van der Waals surface area contributed by atoms with Crippen molar-refractivity contribution >= 4 is 11.8 Å². The topological polar surface area (TPSA) is 37.8 Å². The van der Waals surface area contributed by atoms with E-state index in [0.29, 0.717) is 11.3 Å². The molecular formula is C16H19N3S. The van der Waals surface area contributed by atoms with E-state index >= 15 is 0 Å². The average Bonchev–Trinajstić information content (AvgIpc) is 2.49. The van der Waals surface area contributed by atoms with Gasteiger partial charge >= 0.3 is 0 Å². The Kier molecular flexibility index (Phi) is 4.03. The summed E-state index contributed by atoms with van der Waals surface area (Å²) in [4.78, 5) is 8.84. The number of nitrogens with one attached hydrogen (secondary N) is 1. The van der Waals surface area contributed by atoms with E-state index in [1.54, 1.807) is 11.8 Å². The van der Waals surface area contributed by atoms with Crippen LogP contribution in [0.3, 0.4) is 0 Å².